The molecule has 1 aromatic rings. The van der Waals surface area contributed by atoms with Gasteiger partial charge in [-0.05, 0) is 31.9 Å². The van der Waals surface area contributed by atoms with Gasteiger partial charge in [-0.3, -0.25) is 4.79 Å². The van der Waals surface area contributed by atoms with Crippen molar-refractivity contribution in [3.63, 3.8) is 0 Å². The van der Waals surface area contributed by atoms with Crippen LogP contribution >= 0.6 is 0 Å². The van der Waals surface area contributed by atoms with Gasteiger partial charge in [0.2, 0.25) is 5.91 Å². The number of furan rings is 1. The SMILES string of the molecule is CC(O)(CNC(=O)C1CC1)Cc1ccco1. The third kappa shape index (κ3) is 3.10. The van der Waals surface area contributed by atoms with Gasteiger partial charge in [-0.1, -0.05) is 0 Å². The van der Waals surface area contributed by atoms with E-state index in [2.05, 4.69) is 5.32 Å². The van der Waals surface area contributed by atoms with Crippen LogP contribution in [-0.4, -0.2) is 23.2 Å². The third-order valence-corrected chi connectivity index (χ3v) is 2.73. The van der Waals surface area contributed by atoms with Gasteiger partial charge in [0, 0.05) is 18.9 Å². The van der Waals surface area contributed by atoms with E-state index in [1.807, 2.05) is 6.07 Å². The van der Waals surface area contributed by atoms with Crippen LogP contribution in [0.5, 0.6) is 0 Å². The Morgan fingerprint density at radius 1 is 1.69 bits per heavy atom. The molecule has 1 aromatic heterocycles. The van der Waals surface area contributed by atoms with Gasteiger partial charge in [0.25, 0.3) is 0 Å². The molecule has 4 nitrogen and oxygen atoms in total. The molecular formula is C12H17NO3. The lowest BCUT2D eigenvalue weighted by Gasteiger charge is -2.22. The molecule has 88 valence electrons. The van der Waals surface area contributed by atoms with Gasteiger partial charge in [0.05, 0.1) is 11.9 Å². The summed E-state index contributed by atoms with van der Waals surface area (Å²) in [4.78, 5) is 11.4. The summed E-state index contributed by atoms with van der Waals surface area (Å²) in [5, 5.41) is 12.8. The van der Waals surface area contributed by atoms with Crippen LogP contribution in [0.3, 0.4) is 0 Å². The molecule has 0 radical (unpaired) electrons. The maximum absolute atomic E-state index is 11.4. The van der Waals surface area contributed by atoms with Crippen molar-refractivity contribution >= 4 is 5.91 Å². The average molecular weight is 223 g/mol. The molecule has 1 fully saturated rings. The van der Waals surface area contributed by atoms with E-state index in [4.69, 9.17) is 4.42 Å². The summed E-state index contributed by atoms with van der Waals surface area (Å²) in [6.07, 6.45) is 3.94. The lowest BCUT2D eigenvalue weighted by molar-refractivity contribution is -0.123. The lowest BCUT2D eigenvalue weighted by atomic mass is 10.0. The minimum atomic E-state index is -0.956. The second-order valence-electron chi connectivity index (χ2n) is 4.75. The summed E-state index contributed by atoms with van der Waals surface area (Å²) in [5.74, 6) is 0.963. The number of carbonyl (C=O) groups is 1. The van der Waals surface area contributed by atoms with Crippen LogP contribution in [0, 0.1) is 5.92 Å². The molecule has 1 aliphatic rings. The van der Waals surface area contributed by atoms with Gasteiger partial charge in [0.15, 0.2) is 0 Å². The Hall–Kier alpha value is -1.29. The molecule has 0 aromatic carbocycles. The van der Waals surface area contributed by atoms with Crippen LogP contribution in [0.1, 0.15) is 25.5 Å². The van der Waals surface area contributed by atoms with E-state index in [0.717, 1.165) is 18.6 Å². The number of hydrogen-bond donors (Lipinski definition) is 2. The van der Waals surface area contributed by atoms with E-state index >= 15 is 0 Å². The van der Waals surface area contributed by atoms with Gasteiger partial charge >= 0.3 is 0 Å². The predicted molar refractivity (Wildman–Crippen MR) is 58.8 cm³/mol. The fourth-order valence-corrected chi connectivity index (χ4v) is 1.62. The summed E-state index contributed by atoms with van der Waals surface area (Å²) >= 11 is 0. The Balaban J connectivity index is 1.79. The smallest absolute Gasteiger partial charge is 0.223 e. The molecule has 1 aliphatic carbocycles. The molecule has 2 N–H and O–H groups in total. The lowest BCUT2D eigenvalue weighted by Crippen LogP contribution is -2.42. The van der Waals surface area contributed by atoms with Crippen molar-refractivity contribution in [2.24, 2.45) is 5.92 Å². The van der Waals surface area contributed by atoms with Crippen LogP contribution in [0.2, 0.25) is 0 Å². The zero-order valence-electron chi connectivity index (χ0n) is 9.40. The van der Waals surface area contributed by atoms with Crippen molar-refractivity contribution in [1.82, 2.24) is 5.32 Å². The normalized spacial score (nSPS) is 19.1. The highest BCUT2D eigenvalue weighted by Gasteiger charge is 2.31. The first-order valence-electron chi connectivity index (χ1n) is 5.59. The van der Waals surface area contributed by atoms with Gasteiger partial charge in [0.1, 0.15) is 5.76 Å². The molecule has 4 heteroatoms. The summed E-state index contributed by atoms with van der Waals surface area (Å²) in [6, 6.07) is 3.60. The first kappa shape index (κ1) is 11.2. The molecular weight excluding hydrogens is 206 g/mol. The van der Waals surface area contributed by atoms with E-state index < -0.39 is 5.60 Å². The Labute approximate surface area is 94.6 Å². The highest BCUT2D eigenvalue weighted by molar-refractivity contribution is 5.80. The highest BCUT2D eigenvalue weighted by Crippen LogP contribution is 2.28. The molecule has 0 spiro atoms. The maximum atomic E-state index is 11.4. The molecule has 2 rings (SSSR count). The second kappa shape index (κ2) is 4.29. The molecule has 0 bridgehead atoms. The molecule has 1 amide bonds. The van der Waals surface area contributed by atoms with E-state index in [0.29, 0.717) is 6.42 Å². The fraction of sp³-hybridized carbons (Fsp3) is 0.583. The van der Waals surface area contributed by atoms with Crippen LogP contribution in [0.4, 0.5) is 0 Å². The van der Waals surface area contributed by atoms with Crippen molar-refractivity contribution in [2.75, 3.05) is 6.54 Å². The standard InChI is InChI=1S/C12H17NO3/c1-12(15,7-10-3-2-6-16-10)8-13-11(14)9-4-5-9/h2-3,6,9,15H,4-5,7-8H2,1H3,(H,13,14). The zero-order chi connectivity index (χ0) is 11.6. The topological polar surface area (TPSA) is 62.5 Å². The predicted octanol–water partition coefficient (Wildman–Crippen LogP) is 1.10. The Kier molecular flexibility index (Phi) is 3.01. The van der Waals surface area contributed by atoms with Crippen molar-refractivity contribution in [3.8, 4) is 0 Å². The third-order valence-electron chi connectivity index (χ3n) is 2.73. The quantitative estimate of drug-likeness (QED) is 0.785. The number of nitrogens with one attached hydrogen (secondary N) is 1. The average Bonchev–Trinajstić information content (AvgIpc) is 2.96. The van der Waals surface area contributed by atoms with Crippen molar-refractivity contribution in [1.29, 1.82) is 0 Å². The molecule has 1 unspecified atom stereocenters. The molecule has 16 heavy (non-hydrogen) atoms. The molecule has 1 atom stereocenters. The van der Waals surface area contributed by atoms with E-state index in [9.17, 15) is 9.90 Å². The largest absolute Gasteiger partial charge is 0.469 e. The Bertz CT molecular complexity index is 352. The van der Waals surface area contributed by atoms with Gasteiger partial charge in [-0.2, -0.15) is 0 Å². The van der Waals surface area contributed by atoms with Crippen molar-refractivity contribution in [3.05, 3.63) is 24.2 Å². The molecule has 1 saturated carbocycles. The number of rotatable bonds is 5. The Morgan fingerprint density at radius 2 is 2.44 bits per heavy atom. The van der Waals surface area contributed by atoms with Crippen LogP contribution < -0.4 is 5.32 Å². The van der Waals surface area contributed by atoms with Crippen LogP contribution in [0.15, 0.2) is 22.8 Å². The molecule has 0 saturated heterocycles. The number of carbonyl (C=O) groups excluding carboxylic acids is 1. The van der Waals surface area contributed by atoms with Gasteiger partial charge < -0.3 is 14.8 Å². The maximum Gasteiger partial charge on any atom is 0.223 e. The second-order valence-corrected chi connectivity index (χ2v) is 4.75. The number of hydrogen-bond acceptors (Lipinski definition) is 3. The molecule has 1 heterocycles. The Morgan fingerprint density at radius 3 is 3.00 bits per heavy atom. The summed E-state index contributed by atoms with van der Waals surface area (Å²) < 4.78 is 5.16. The van der Waals surface area contributed by atoms with Crippen LogP contribution in [0.25, 0.3) is 0 Å². The monoisotopic (exact) mass is 223 g/mol. The van der Waals surface area contributed by atoms with E-state index in [1.165, 1.54) is 0 Å². The fourth-order valence-electron chi connectivity index (χ4n) is 1.62. The minimum Gasteiger partial charge on any atom is -0.469 e. The minimum absolute atomic E-state index is 0.0553. The number of aliphatic hydroxyl groups is 1. The van der Waals surface area contributed by atoms with Gasteiger partial charge in [-0.15, -0.1) is 0 Å². The summed E-state index contributed by atoms with van der Waals surface area (Å²) in [5.41, 5.74) is -0.956. The summed E-state index contributed by atoms with van der Waals surface area (Å²) in [7, 11) is 0. The zero-order valence-corrected chi connectivity index (χ0v) is 9.40. The van der Waals surface area contributed by atoms with E-state index in [-0.39, 0.29) is 18.4 Å². The number of amides is 1. The van der Waals surface area contributed by atoms with Crippen molar-refractivity contribution < 1.29 is 14.3 Å². The first-order chi connectivity index (χ1) is 7.57. The van der Waals surface area contributed by atoms with Crippen molar-refractivity contribution in [2.45, 2.75) is 31.8 Å². The summed E-state index contributed by atoms with van der Waals surface area (Å²) in [6.45, 7) is 1.96. The molecule has 0 aliphatic heterocycles. The first-order valence-corrected chi connectivity index (χ1v) is 5.59. The van der Waals surface area contributed by atoms with Gasteiger partial charge in [-0.25, -0.2) is 0 Å². The van der Waals surface area contributed by atoms with E-state index in [1.54, 1.807) is 19.3 Å². The highest BCUT2D eigenvalue weighted by atomic mass is 16.3. The van der Waals surface area contributed by atoms with Crippen LogP contribution in [-0.2, 0) is 11.2 Å².